The quantitative estimate of drug-likeness (QED) is 0.841. The first-order chi connectivity index (χ1) is 7.14. The highest BCUT2D eigenvalue weighted by Crippen LogP contribution is 2.33. The molecular weight excluding hydrogens is 210 g/mol. The molecule has 15 heavy (non-hydrogen) atoms. The molecule has 1 aliphatic carbocycles. The van der Waals surface area contributed by atoms with Gasteiger partial charge in [-0.15, -0.1) is 0 Å². The number of nitrogens with one attached hydrogen (secondary N) is 1. The minimum Gasteiger partial charge on any atom is -0.316 e. The van der Waals surface area contributed by atoms with Crippen molar-refractivity contribution in [2.75, 3.05) is 7.05 Å². The molecule has 1 aromatic rings. The third-order valence-electron chi connectivity index (χ3n) is 2.60. The number of sulfone groups is 1. The van der Waals surface area contributed by atoms with E-state index >= 15 is 0 Å². The van der Waals surface area contributed by atoms with Gasteiger partial charge in [-0.1, -0.05) is 12.1 Å². The second-order valence-corrected chi connectivity index (χ2v) is 6.15. The fourth-order valence-corrected chi connectivity index (χ4v) is 3.23. The van der Waals surface area contributed by atoms with Crippen LogP contribution in [0, 0.1) is 0 Å². The molecule has 2 rings (SSSR count). The Bertz CT molecular complexity index is 432. The summed E-state index contributed by atoms with van der Waals surface area (Å²) in [6.07, 6.45) is 1.64. The maximum Gasteiger partial charge on any atom is 0.181 e. The SMILES string of the molecule is CNCc1ccc(S(=O)(=O)C2CC2)cc1. The standard InChI is InChI=1S/C11H15NO2S/c1-12-8-9-2-4-10(5-3-9)15(13,14)11-6-7-11/h2-5,11-12H,6-8H2,1H3. The molecule has 0 radical (unpaired) electrons. The van der Waals surface area contributed by atoms with Crippen LogP contribution in [0.4, 0.5) is 0 Å². The maximum absolute atomic E-state index is 11.8. The van der Waals surface area contributed by atoms with E-state index in [4.69, 9.17) is 0 Å². The summed E-state index contributed by atoms with van der Waals surface area (Å²) in [5, 5.41) is 2.91. The second kappa shape index (κ2) is 3.94. The monoisotopic (exact) mass is 225 g/mol. The minimum atomic E-state index is -3.02. The smallest absolute Gasteiger partial charge is 0.181 e. The zero-order valence-corrected chi connectivity index (χ0v) is 9.55. The van der Waals surface area contributed by atoms with E-state index in [2.05, 4.69) is 5.32 Å². The van der Waals surface area contributed by atoms with Crippen LogP contribution in [0.2, 0.25) is 0 Å². The molecule has 0 saturated heterocycles. The van der Waals surface area contributed by atoms with E-state index in [1.807, 2.05) is 19.2 Å². The Hall–Kier alpha value is -0.870. The van der Waals surface area contributed by atoms with Crippen LogP contribution < -0.4 is 5.32 Å². The fraction of sp³-hybridized carbons (Fsp3) is 0.455. The summed E-state index contributed by atoms with van der Waals surface area (Å²) >= 11 is 0. The molecule has 0 aliphatic heterocycles. The van der Waals surface area contributed by atoms with Crippen molar-refractivity contribution in [2.45, 2.75) is 29.5 Å². The Morgan fingerprint density at radius 3 is 2.33 bits per heavy atom. The van der Waals surface area contributed by atoms with E-state index in [1.165, 1.54) is 0 Å². The van der Waals surface area contributed by atoms with Gasteiger partial charge in [-0.3, -0.25) is 0 Å². The summed E-state index contributed by atoms with van der Waals surface area (Å²) in [7, 11) is -1.15. The Morgan fingerprint density at radius 2 is 1.87 bits per heavy atom. The van der Waals surface area contributed by atoms with Gasteiger partial charge in [-0.05, 0) is 37.6 Å². The van der Waals surface area contributed by atoms with Crippen LogP contribution in [-0.4, -0.2) is 20.7 Å². The number of rotatable bonds is 4. The van der Waals surface area contributed by atoms with Crippen LogP contribution in [0.25, 0.3) is 0 Å². The third-order valence-corrected chi connectivity index (χ3v) is 4.87. The first-order valence-corrected chi connectivity index (χ1v) is 6.66. The van der Waals surface area contributed by atoms with Crippen LogP contribution in [0.1, 0.15) is 18.4 Å². The molecule has 1 N–H and O–H groups in total. The molecule has 0 bridgehead atoms. The van der Waals surface area contributed by atoms with E-state index < -0.39 is 9.84 Å². The molecule has 0 aromatic heterocycles. The van der Waals surface area contributed by atoms with E-state index in [1.54, 1.807) is 12.1 Å². The van der Waals surface area contributed by atoms with E-state index in [-0.39, 0.29) is 5.25 Å². The molecule has 0 unspecified atom stereocenters. The fourth-order valence-electron chi connectivity index (χ4n) is 1.57. The molecule has 3 nitrogen and oxygen atoms in total. The highest BCUT2D eigenvalue weighted by Gasteiger charge is 2.36. The lowest BCUT2D eigenvalue weighted by atomic mass is 10.2. The average molecular weight is 225 g/mol. The van der Waals surface area contributed by atoms with E-state index in [0.29, 0.717) is 4.90 Å². The summed E-state index contributed by atoms with van der Waals surface area (Å²) in [6.45, 7) is 0.768. The molecule has 82 valence electrons. The molecule has 4 heteroatoms. The van der Waals surface area contributed by atoms with Crippen molar-refractivity contribution >= 4 is 9.84 Å². The van der Waals surface area contributed by atoms with Gasteiger partial charge in [-0.25, -0.2) is 8.42 Å². The first-order valence-electron chi connectivity index (χ1n) is 5.12. The van der Waals surface area contributed by atoms with Gasteiger partial charge in [0.25, 0.3) is 0 Å². The number of hydrogen-bond donors (Lipinski definition) is 1. The third kappa shape index (κ3) is 2.21. The summed E-state index contributed by atoms with van der Waals surface area (Å²) in [6, 6.07) is 7.15. The summed E-state index contributed by atoms with van der Waals surface area (Å²) < 4.78 is 23.7. The van der Waals surface area contributed by atoms with Crippen LogP contribution in [0.15, 0.2) is 29.2 Å². The second-order valence-electron chi connectivity index (χ2n) is 3.92. The van der Waals surface area contributed by atoms with Crippen LogP contribution in [-0.2, 0) is 16.4 Å². The molecule has 1 saturated carbocycles. The maximum atomic E-state index is 11.8. The van der Waals surface area contributed by atoms with Gasteiger partial charge in [-0.2, -0.15) is 0 Å². The molecule has 0 atom stereocenters. The van der Waals surface area contributed by atoms with Gasteiger partial charge in [0, 0.05) is 6.54 Å². The lowest BCUT2D eigenvalue weighted by Crippen LogP contribution is -2.08. The molecule has 1 aromatic carbocycles. The average Bonchev–Trinajstić information content (AvgIpc) is 3.02. The molecule has 1 fully saturated rings. The predicted molar refractivity (Wildman–Crippen MR) is 59.4 cm³/mol. The van der Waals surface area contributed by atoms with Crippen molar-refractivity contribution in [3.8, 4) is 0 Å². The highest BCUT2D eigenvalue weighted by atomic mass is 32.2. The zero-order chi connectivity index (χ0) is 10.9. The van der Waals surface area contributed by atoms with Gasteiger partial charge in [0.15, 0.2) is 9.84 Å². The molecule has 0 spiro atoms. The Balaban J connectivity index is 2.23. The van der Waals surface area contributed by atoms with Crippen LogP contribution in [0.3, 0.4) is 0 Å². The molecule has 1 aliphatic rings. The lowest BCUT2D eigenvalue weighted by Gasteiger charge is -2.04. The number of benzene rings is 1. The van der Waals surface area contributed by atoms with Gasteiger partial charge in [0.05, 0.1) is 10.1 Å². The van der Waals surface area contributed by atoms with Gasteiger partial charge >= 0.3 is 0 Å². The van der Waals surface area contributed by atoms with Gasteiger partial charge in [0.1, 0.15) is 0 Å². The van der Waals surface area contributed by atoms with E-state index in [9.17, 15) is 8.42 Å². The Morgan fingerprint density at radius 1 is 1.27 bits per heavy atom. The Kier molecular flexibility index (Phi) is 2.80. The van der Waals surface area contributed by atoms with Crippen LogP contribution in [0.5, 0.6) is 0 Å². The predicted octanol–water partition coefficient (Wildman–Crippen LogP) is 1.34. The first kappa shape index (κ1) is 10.6. The molecule has 0 amide bonds. The summed E-state index contributed by atoms with van der Waals surface area (Å²) in [5.74, 6) is 0. The number of hydrogen-bond acceptors (Lipinski definition) is 3. The topological polar surface area (TPSA) is 46.2 Å². The van der Waals surface area contributed by atoms with Gasteiger partial charge < -0.3 is 5.32 Å². The molecule has 0 heterocycles. The highest BCUT2D eigenvalue weighted by molar-refractivity contribution is 7.92. The Labute approximate surface area is 90.4 Å². The van der Waals surface area contributed by atoms with E-state index in [0.717, 1.165) is 24.9 Å². The summed E-state index contributed by atoms with van der Waals surface area (Å²) in [4.78, 5) is 0.463. The van der Waals surface area contributed by atoms with Crippen LogP contribution >= 0.6 is 0 Å². The minimum absolute atomic E-state index is 0.118. The van der Waals surface area contributed by atoms with Crippen molar-refractivity contribution in [3.05, 3.63) is 29.8 Å². The van der Waals surface area contributed by atoms with Crippen molar-refractivity contribution in [1.82, 2.24) is 5.32 Å². The molecular formula is C11H15NO2S. The van der Waals surface area contributed by atoms with Gasteiger partial charge in [0.2, 0.25) is 0 Å². The van der Waals surface area contributed by atoms with Crippen molar-refractivity contribution in [3.63, 3.8) is 0 Å². The largest absolute Gasteiger partial charge is 0.316 e. The lowest BCUT2D eigenvalue weighted by molar-refractivity contribution is 0.594. The van der Waals surface area contributed by atoms with Crippen molar-refractivity contribution in [2.24, 2.45) is 0 Å². The van der Waals surface area contributed by atoms with Crippen molar-refractivity contribution in [1.29, 1.82) is 0 Å². The normalized spacial score (nSPS) is 16.6. The zero-order valence-electron chi connectivity index (χ0n) is 8.73. The summed E-state index contributed by atoms with van der Waals surface area (Å²) in [5.41, 5.74) is 1.10. The van der Waals surface area contributed by atoms with Crippen molar-refractivity contribution < 1.29 is 8.42 Å².